The normalized spacial score (nSPS) is 11.1. The summed E-state index contributed by atoms with van der Waals surface area (Å²) in [6.45, 7) is 2.33. The molecule has 0 saturated carbocycles. The quantitative estimate of drug-likeness (QED) is 0.751. The Kier molecular flexibility index (Phi) is 5.32. The lowest BCUT2D eigenvalue weighted by molar-refractivity contribution is -0.119. The van der Waals surface area contributed by atoms with E-state index in [1.807, 2.05) is 19.1 Å². The molecule has 0 fully saturated rings. The lowest BCUT2D eigenvalue weighted by Gasteiger charge is -2.21. The molecule has 1 N–H and O–H groups in total. The van der Waals surface area contributed by atoms with Gasteiger partial charge >= 0.3 is 0 Å². The number of H-pyrrole nitrogens is 1. The first-order valence-corrected chi connectivity index (χ1v) is 8.54. The summed E-state index contributed by atoms with van der Waals surface area (Å²) >= 11 is 0. The fraction of sp³-hybridized carbons (Fsp3) is 0.250. The molecule has 0 saturated heterocycles. The number of amides is 1. The van der Waals surface area contributed by atoms with Gasteiger partial charge in [0.2, 0.25) is 5.91 Å². The Bertz CT molecular complexity index is 1050. The Labute approximate surface area is 156 Å². The Morgan fingerprint density at radius 1 is 1.19 bits per heavy atom. The van der Waals surface area contributed by atoms with E-state index in [1.165, 1.54) is 17.0 Å². The molecule has 140 valence electrons. The highest BCUT2D eigenvalue weighted by Gasteiger charge is 2.15. The number of likely N-dealkylation sites (N-methyl/N-ethyl adjacent to an activating group) is 2. The van der Waals surface area contributed by atoms with E-state index in [-0.39, 0.29) is 18.0 Å². The van der Waals surface area contributed by atoms with Crippen molar-refractivity contribution in [1.82, 2.24) is 14.9 Å². The lowest BCUT2D eigenvalue weighted by Crippen LogP contribution is -2.37. The molecule has 0 aliphatic carbocycles. The van der Waals surface area contributed by atoms with Crippen molar-refractivity contribution >= 4 is 22.5 Å². The topological polar surface area (TPSA) is 69.3 Å². The molecule has 0 aliphatic rings. The fourth-order valence-corrected chi connectivity index (χ4v) is 2.85. The van der Waals surface area contributed by atoms with E-state index in [0.29, 0.717) is 29.0 Å². The van der Waals surface area contributed by atoms with Crippen LogP contribution in [-0.4, -0.2) is 41.4 Å². The third-order valence-electron chi connectivity index (χ3n) is 4.30. The molecule has 0 unspecified atom stereocenters. The smallest absolute Gasteiger partial charge is 0.258 e. The number of carbonyl (C=O) groups is 1. The predicted octanol–water partition coefficient (Wildman–Crippen LogP) is 2.47. The molecule has 7 heteroatoms. The molecule has 0 radical (unpaired) electrons. The van der Waals surface area contributed by atoms with E-state index >= 15 is 0 Å². The number of aromatic amines is 1. The number of nitrogens with zero attached hydrogens (tertiary/aromatic N) is 3. The largest absolute Gasteiger partial charge is 0.314 e. The number of benzene rings is 2. The number of nitrogens with one attached hydrogen (secondary N) is 1. The first-order chi connectivity index (χ1) is 12.8. The van der Waals surface area contributed by atoms with Crippen LogP contribution in [0.1, 0.15) is 11.4 Å². The molecular weight excluding hydrogens is 347 g/mol. The number of halogens is 1. The van der Waals surface area contributed by atoms with Gasteiger partial charge in [0.25, 0.3) is 5.56 Å². The van der Waals surface area contributed by atoms with Gasteiger partial charge < -0.3 is 9.88 Å². The zero-order valence-corrected chi connectivity index (χ0v) is 15.5. The highest BCUT2D eigenvalue weighted by Crippen LogP contribution is 2.14. The molecular formula is C20H21FN4O2. The molecule has 1 amide bonds. The second-order valence-electron chi connectivity index (χ2n) is 6.64. The molecule has 3 aromatic rings. The third kappa shape index (κ3) is 4.38. The molecule has 0 aliphatic heterocycles. The maximum absolute atomic E-state index is 13.3. The minimum atomic E-state index is -0.395. The van der Waals surface area contributed by atoms with Crippen molar-refractivity contribution in [3.8, 4) is 0 Å². The van der Waals surface area contributed by atoms with E-state index in [1.54, 1.807) is 37.2 Å². The monoisotopic (exact) mass is 368 g/mol. The van der Waals surface area contributed by atoms with E-state index in [9.17, 15) is 14.0 Å². The van der Waals surface area contributed by atoms with E-state index < -0.39 is 5.82 Å². The summed E-state index contributed by atoms with van der Waals surface area (Å²) in [7, 11) is 3.36. The summed E-state index contributed by atoms with van der Waals surface area (Å²) < 4.78 is 13.3. The number of carbonyl (C=O) groups excluding carboxylic acids is 1. The minimum Gasteiger partial charge on any atom is -0.314 e. The number of aryl methyl sites for hydroxylation is 1. The van der Waals surface area contributed by atoms with Crippen molar-refractivity contribution < 1.29 is 9.18 Å². The van der Waals surface area contributed by atoms with Crippen LogP contribution in [0, 0.1) is 12.7 Å². The van der Waals surface area contributed by atoms with Gasteiger partial charge in [0.1, 0.15) is 11.6 Å². The SMILES string of the molecule is Cc1ccc2nc(CN(C)CC(=O)N(C)c3cccc(F)c3)[nH]c(=O)c2c1. The highest BCUT2D eigenvalue weighted by atomic mass is 19.1. The Morgan fingerprint density at radius 3 is 2.70 bits per heavy atom. The van der Waals surface area contributed by atoms with Crippen molar-refractivity contribution in [2.24, 2.45) is 0 Å². The molecule has 1 aromatic heterocycles. The molecule has 6 nitrogen and oxygen atoms in total. The van der Waals surface area contributed by atoms with Gasteiger partial charge in [0, 0.05) is 12.7 Å². The first-order valence-electron chi connectivity index (χ1n) is 8.54. The van der Waals surface area contributed by atoms with E-state index in [0.717, 1.165) is 5.56 Å². The minimum absolute atomic E-state index is 0.0999. The second kappa shape index (κ2) is 7.67. The van der Waals surface area contributed by atoms with E-state index in [2.05, 4.69) is 9.97 Å². The van der Waals surface area contributed by atoms with Crippen molar-refractivity contribution in [2.75, 3.05) is 25.5 Å². The van der Waals surface area contributed by atoms with Gasteiger partial charge in [-0.25, -0.2) is 9.37 Å². The van der Waals surface area contributed by atoms with Crippen molar-refractivity contribution in [1.29, 1.82) is 0 Å². The van der Waals surface area contributed by atoms with Crippen molar-refractivity contribution in [2.45, 2.75) is 13.5 Å². The van der Waals surface area contributed by atoms with Crippen LogP contribution < -0.4 is 10.5 Å². The standard InChI is InChI=1S/C20H21FN4O2/c1-13-7-8-17-16(9-13)20(27)23-18(22-17)11-24(2)12-19(26)25(3)15-6-4-5-14(21)10-15/h4-10H,11-12H2,1-3H3,(H,22,23,27). The second-order valence-corrected chi connectivity index (χ2v) is 6.64. The van der Waals surface area contributed by atoms with E-state index in [4.69, 9.17) is 0 Å². The third-order valence-corrected chi connectivity index (χ3v) is 4.30. The molecule has 0 spiro atoms. The summed E-state index contributed by atoms with van der Waals surface area (Å²) in [4.78, 5) is 35.1. The van der Waals surface area contributed by atoms with Crippen LogP contribution in [0.15, 0.2) is 47.3 Å². The maximum Gasteiger partial charge on any atom is 0.258 e. The van der Waals surface area contributed by atoms with Crippen LogP contribution >= 0.6 is 0 Å². The van der Waals surface area contributed by atoms with Crippen molar-refractivity contribution in [3.63, 3.8) is 0 Å². The highest BCUT2D eigenvalue weighted by molar-refractivity contribution is 5.94. The van der Waals surface area contributed by atoms with Crippen LogP contribution in [0.4, 0.5) is 10.1 Å². The van der Waals surface area contributed by atoms with Gasteiger partial charge in [-0.3, -0.25) is 14.5 Å². The summed E-state index contributed by atoms with van der Waals surface area (Å²) in [5.41, 5.74) is 1.90. The number of anilines is 1. The molecule has 0 bridgehead atoms. The number of hydrogen-bond acceptors (Lipinski definition) is 4. The van der Waals surface area contributed by atoms with Crippen LogP contribution in [-0.2, 0) is 11.3 Å². The Balaban J connectivity index is 1.71. The van der Waals surface area contributed by atoms with Crippen molar-refractivity contribution in [3.05, 3.63) is 70.0 Å². The maximum atomic E-state index is 13.3. The van der Waals surface area contributed by atoms with Crippen LogP contribution in [0.2, 0.25) is 0 Å². The fourth-order valence-electron chi connectivity index (χ4n) is 2.85. The van der Waals surface area contributed by atoms with Gasteiger partial charge in [0.05, 0.1) is 24.0 Å². The van der Waals surface area contributed by atoms with Gasteiger partial charge in [-0.1, -0.05) is 17.7 Å². The number of hydrogen-bond donors (Lipinski definition) is 1. The lowest BCUT2D eigenvalue weighted by atomic mass is 10.2. The average Bonchev–Trinajstić information content (AvgIpc) is 2.61. The molecule has 27 heavy (non-hydrogen) atoms. The summed E-state index contributed by atoms with van der Waals surface area (Å²) in [5, 5.41) is 0.545. The summed E-state index contributed by atoms with van der Waals surface area (Å²) in [6.07, 6.45) is 0. The van der Waals surface area contributed by atoms with Gasteiger partial charge in [-0.15, -0.1) is 0 Å². The van der Waals surface area contributed by atoms with Crippen LogP contribution in [0.3, 0.4) is 0 Å². The Hall–Kier alpha value is -3.06. The Morgan fingerprint density at radius 2 is 1.96 bits per heavy atom. The van der Waals surface area contributed by atoms with Gasteiger partial charge in [-0.05, 0) is 44.3 Å². The van der Waals surface area contributed by atoms with Crippen LogP contribution in [0.5, 0.6) is 0 Å². The average molecular weight is 368 g/mol. The molecule has 1 heterocycles. The molecule has 0 atom stereocenters. The predicted molar refractivity (Wildman–Crippen MR) is 103 cm³/mol. The summed E-state index contributed by atoms with van der Waals surface area (Å²) in [5.74, 6) is -0.101. The number of fused-ring (bicyclic) bond motifs is 1. The number of rotatable bonds is 5. The molecule has 2 aromatic carbocycles. The molecule has 3 rings (SSSR count). The van der Waals surface area contributed by atoms with Crippen LogP contribution in [0.25, 0.3) is 10.9 Å². The first kappa shape index (κ1) is 18.7. The number of aromatic nitrogens is 2. The zero-order chi connectivity index (χ0) is 19.6. The van der Waals surface area contributed by atoms with Gasteiger partial charge in [0.15, 0.2) is 0 Å². The summed E-state index contributed by atoms with van der Waals surface area (Å²) in [6, 6.07) is 11.4. The van der Waals surface area contributed by atoms with Gasteiger partial charge in [-0.2, -0.15) is 0 Å². The zero-order valence-electron chi connectivity index (χ0n) is 15.5.